The molecule has 2 N–H and O–H groups in total. The van der Waals surface area contributed by atoms with Gasteiger partial charge in [-0.25, -0.2) is 14.9 Å². The SMILES string of the molecule is C1=CC2=C(c3ccccc3)c3ccc([nH]3)/C(c3ccccc3)=C3/C=CC(=N3)C3(c4ccccc4)OOC34C=CC(=C(c3ccccc3)C1=N2)N4. The summed E-state index contributed by atoms with van der Waals surface area (Å²) < 4.78 is 0. The van der Waals surface area contributed by atoms with E-state index in [0.717, 1.165) is 78.9 Å². The standard InChI is InChI=1S/C44H30N4O2/c1-5-13-29(14-6-1)40-33-21-22-35(45-33)41(30-15-7-2-8-16-30)37-25-26-39(47-37)44(32-19-11-4-12-20-32)43(49-50-44)28-27-38(48-43)42(31-17-9-3-10-18-31)36-24-23-34(40)46-36/h1-28,45,48H/b40-34?,41-37-,42-38?. The van der Waals surface area contributed by atoms with Gasteiger partial charge in [-0.3, -0.25) is 0 Å². The van der Waals surface area contributed by atoms with Gasteiger partial charge in [-0.05, 0) is 70.8 Å². The highest BCUT2D eigenvalue weighted by Gasteiger charge is 2.69. The Morgan fingerprint density at radius 2 is 1.02 bits per heavy atom. The topological polar surface area (TPSA) is 71.0 Å². The minimum atomic E-state index is -1.08. The first-order chi connectivity index (χ1) is 24.7. The Bertz CT molecular complexity index is 2430. The van der Waals surface area contributed by atoms with E-state index in [-0.39, 0.29) is 0 Å². The molecule has 5 aliphatic rings. The molecule has 6 heterocycles. The van der Waals surface area contributed by atoms with Gasteiger partial charge in [-0.15, -0.1) is 0 Å². The maximum absolute atomic E-state index is 6.30. The molecule has 0 radical (unpaired) electrons. The number of nitrogens with one attached hydrogen (secondary N) is 2. The first kappa shape index (κ1) is 28.7. The van der Waals surface area contributed by atoms with Crippen LogP contribution in [-0.4, -0.2) is 22.1 Å². The molecule has 4 aromatic carbocycles. The Balaban J connectivity index is 1.29. The number of rotatable bonds is 4. The van der Waals surface area contributed by atoms with Crippen molar-refractivity contribution in [2.24, 2.45) is 9.98 Å². The van der Waals surface area contributed by atoms with Gasteiger partial charge >= 0.3 is 0 Å². The van der Waals surface area contributed by atoms with Gasteiger partial charge in [-0.2, -0.15) is 4.89 Å². The molecule has 10 rings (SSSR count). The van der Waals surface area contributed by atoms with Crippen LogP contribution in [0.2, 0.25) is 0 Å². The van der Waals surface area contributed by atoms with Crippen molar-refractivity contribution in [1.82, 2.24) is 10.3 Å². The Hall–Kier alpha value is -6.34. The molecule has 5 aliphatic heterocycles. The minimum absolute atomic E-state index is 0.738. The third kappa shape index (κ3) is 4.23. The van der Waals surface area contributed by atoms with Crippen LogP contribution in [0.25, 0.3) is 16.7 Å². The van der Waals surface area contributed by atoms with Crippen LogP contribution in [0.4, 0.5) is 0 Å². The van der Waals surface area contributed by atoms with Crippen molar-refractivity contribution in [3.05, 3.63) is 221 Å². The monoisotopic (exact) mass is 646 g/mol. The summed E-state index contributed by atoms with van der Waals surface area (Å²) in [5.41, 5.74) is 11.0. The average Bonchev–Trinajstić information content (AvgIpc) is 4.00. The van der Waals surface area contributed by atoms with E-state index in [1.54, 1.807) is 0 Å². The number of allylic oxidation sites excluding steroid dienone is 5. The zero-order chi connectivity index (χ0) is 33.1. The molecule has 2 atom stereocenters. The third-order valence-corrected chi connectivity index (χ3v) is 9.90. The van der Waals surface area contributed by atoms with Crippen molar-refractivity contribution in [3.63, 3.8) is 0 Å². The largest absolute Gasteiger partial charge is 0.354 e. The van der Waals surface area contributed by atoms with E-state index in [2.05, 4.69) is 144 Å². The molecule has 50 heavy (non-hydrogen) atoms. The van der Waals surface area contributed by atoms with Crippen LogP contribution >= 0.6 is 0 Å². The van der Waals surface area contributed by atoms with E-state index < -0.39 is 11.3 Å². The van der Waals surface area contributed by atoms with Crippen molar-refractivity contribution < 1.29 is 9.78 Å². The fraction of sp³-hybridized carbons (Fsp3) is 0.0455. The summed E-state index contributed by atoms with van der Waals surface area (Å²) >= 11 is 0. The lowest BCUT2D eigenvalue weighted by atomic mass is 9.78. The first-order valence-corrected chi connectivity index (χ1v) is 16.8. The number of benzene rings is 4. The molecule has 6 nitrogen and oxygen atoms in total. The van der Waals surface area contributed by atoms with Gasteiger partial charge in [0.05, 0.1) is 22.8 Å². The van der Waals surface area contributed by atoms with E-state index in [9.17, 15) is 0 Å². The Labute approximate surface area is 289 Å². The zero-order valence-corrected chi connectivity index (χ0v) is 26.9. The van der Waals surface area contributed by atoms with Crippen LogP contribution in [0.5, 0.6) is 0 Å². The molecule has 1 saturated heterocycles. The van der Waals surface area contributed by atoms with Crippen LogP contribution in [-0.2, 0) is 15.4 Å². The van der Waals surface area contributed by atoms with Crippen molar-refractivity contribution in [3.8, 4) is 0 Å². The highest BCUT2D eigenvalue weighted by atomic mass is 17.3. The molecule has 5 aromatic rings. The second-order valence-electron chi connectivity index (χ2n) is 12.8. The number of H-pyrrole nitrogens is 1. The van der Waals surface area contributed by atoms with Crippen LogP contribution in [0.1, 0.15) is 33.6 Å². The van der Waals surface area contributed by atoms with Gasteiger partial charge < -0.3 is 10.3 Å². The van der Waals surface area contributed by atoms with E-state index >= 15 is 0 Å². The van der Waals surface area contributed by atoms with Gasteiger partial charge in [0, 0.05) is 33.8 Å². The van der Waals surface area contributed by atoms with Crippen molar-refractivity contribution in [2.45, 2.75) is 11.3 Å². The number of hydrogen-bond acceptors (Lipinski definition) is 5. The maximum Gasteiger partial charge on any atom is 0.234 e. The molecular weight excluding hydrogens is 617 g/mol. The van der Waals surface area contributed by atoms with E-state index in [1.165, 1.54) is 0 Å². The molecule has 1 spiro atoms. The number of aliphatic imine (C=N–C) groups is 2. The number of hydrogen-bond donors (Lipinski definition) is 2. The van der Waals surface area contributed by atoms with Crippen molar-refractivity contribution in [2.75, 3.05) is 0 Å². The molecular formula is C44H30N4O2. The number of aromatic amines is 1. The molecule has 8 bridgehead atoms. The fourth-order valence-electron chi connectivity index (χ4n) is 7.58. The van der Waals surface area contributed by atoms with Crippen molar-refractivity contribution >= 4 is 28.1 Å². The van der Waals surface area contributed by atoms with Gasteiger partial charge in [0.2, 0.25) is 11.3 Å². The molecule has 238 valence electrons. The van der Waals surface area contributed by atoms with Crippen molar-refractivity contribution in [1.29, 1.82) is 0 Å². The first-order valence-electron chi connectivity index (χ1n) is 16.8. The summed E-state index contributed by atoms with van der Waals surface area (Å²) in [5, 5.41) is 3.78. The predicted molar refractivity (Wildman–Crippen MR) is 198 cm³/mol. The molecule has 1 aromatic heterocycles. The quantitative estimate of drug-likeness (QED) is 0.192. The van der Waals surface area contributed by atoms with Crippen LogP contribution in [0.15, 0.2) is 197 Å². The van der Waals surface area contributed by atoms with Crippen LogP contribution in [0.3, 0.4) is 0 Å². The van der Waals surface area contributed by atoms with E-state index in [1.807, 2.05) is 36.4 Å². The zero-order valence-electron chi connectivity index (χ0n) is 26.9. The lowest BCUT2D eigenvalue weighted by Gasteiger charge is -2.53. The van der Waals surface area contributed by atoms with Crippen LogP contribution in [0, 0.1) is 0 Å². The van der Waals surface area contributed by atoms with Gasteiger partial charge in [-0.1, -0.05) is 121 Å². The summed E-state index contributed by atoms with van der Waals surface area (Å²) in [7, 11) is 0. The maximum atomic E-state index is 6.30. The van der Waals surface area contributed by atoms with Gasteiger partial charge in [0.1, 0.15) is 0 Å². The number of nitrogens with zero attached hydrogens (tertiary/aromatic N) is 2. The Morgan fingerprint density at radius 3 is 1.60 bits per heavy atom. The molecule has 2 unspecified atom stereocenters. The Kier molecular flexibility index (Phi) is 6.36. The van der Waals surface area contributed by atoms with E-state index in [0.29, 0.717) is 0 Å². The summed E-state index contributed by atoms with van der Waals surface area (Å²) in [6, 6.07) is 45.6. The molecule has 0 aliphatic carbocycles. The lowest BCUT2D eigenvalue weighted by molar-refractivity contribution is -0.530. The molecule has 1 fully saturated rings. The molecule has 0 saturated carbocycles. The average molecular weight is 647 g/mol. The Morgan fingerprint density at radius 1 is 0.480 bits per heavy atom. The highest BCUT2D eigenvalue weighted by Crippen LogP contribution is 2.53. The fourth-order valence-corrected chi connectivity index (χ4v) is 7.58. The summed E-state index contributed by atoms with van der Waals surface area (Å²) in [6.45, 7) is 0. The number of fused-ring (bicyclic) bond motifs is 6. The summed E-state index contributed by atoms with van der Waals surface area (Å²) in [6.07, 6.45) is 12.5. The predicted octanol–water partition coefficient (Wildman–Crippen LogP) is 8.69. The second-order valence-corrected chi connectivity index (χ2v) is 12.8. The van der Waals surface area contributed by atoms with Gasteiger partial charge in [0.25, 0.3) is 0 Å². The van der Waals surface area contributed by atoms with Crippen LogP contribution < -0.4 is 5.32 Å². The number of aromatic nitrogens is 1. The summed E-state index contributed by atoms with van der Waals surface area (Å²) in [5.74, 6) is 0. The third-order valence-electron chi connectivity index (χ3n) is 9.90. The smallest absolute Gasteiger partial charge is 0.234 e. The highest BCUT2D eigenvalue weighted by molar-refractivity contribution is 6.32. The van der Waals surface area contributed by atoms with Gasteiger partial charge in [0.15, 0.2) is 0 Å². The normalized spacial score (nSPS) is 24.6. The van der Waals surface area contributed by atoms with E-state index in [4.69, 9.17) is 19.8 Å². The second kappa shape index (κ2) is 11.1. The molecule has 6 heteroatoms. The molecule has 0 amide bonds. The lowest BCUT2D eigenvalue weighted by Crippen LogP contribution is -2.72. The minimum Gasteiger partial charge on any atom is -0.354 e. The summed E-state index contributed by atoms with van der Waals surface area (Å²) in [4.78, 5) is 27.0.